The Morgan fingerprint density at radius 1 is 1.21 bits per heavy atom. The second-order valence-electron chi connectivity index (χ2n) is 5.20. The maximum atomic E-state index is 11.4. The van der Waals surface area contributed by atoms with Gasteiger partial charge in [-0.15, -0.1) is 0 Å². The first kappa shape index (κ1) is 15.7. The highest BCUT2D eigenvalue weighted by atomic mass is 16.6. The van der Waals surface area contributed by atoms with Crippen molar-refractivity contribution in [3.8, 4) is 0 Å². The summed E-state index contributed by atoms with van der Waals surface area (Å²) in [5.74, 6) is -0.368. The molecule has 24 heavy (non-hydrogen) atoms. The van der Waals surface area contributed by atoms with Gasteiger partial charge in [0, 0.05) is 24.9 Å². The molecule has 0 bridgehead atoms. The molecule has 7 nitrogen and oxygen atoms in total. The van der Waals surface area contributed by atoms with Crippen molar-refractivity contribution in [1.82, 2.24) is 4.98 Å². The predicted octanol–water partition coefficient (Wildman–Crippen LogP) is 3.27. The lowest BCUT2D eigenvalue weighted by Crippen LogP contribution is -2.12. The minimum absolute atomic E-state index is 0.0132. The number of hydrogen-bond acceptors (Lipinski definition) is 6. The average molecular weight is 325 g/mol. The Morgan fingerprint density at radius 2 is 1.96 bits per heavy atom. The van der Waals surface area contributed by atoms with E-state index in [1.165, 1.54) is 13.0 Å². The summed E-state index contributed by atoms with van der Waals surface area (Å²) in [5.41, 5.74) is 1.88. The number of anilines is 1. The van der Waals surface area contributed by atoms with Gasteiger partial charge in [-0.25, -0.2) is 4.98 Å². The molecular formula is C17H15N3O4. The van der Waals surface area contributed by atoms with E-state index < -0.39 is 4.92 Å². The zero-order valence-electron chi connectivity index (χ0n) is 13.0. The van der Waals surface area contributed by atoms with Gasteiger partial charge in [-0.3, -0.25) is 14.9 Å². The minimum atomic E-state index is -0.421. The van der Waals surface area contributed by atoms with Crippen LogP contribution in [0.15, 0.2) is 42.5 Å². The Balaban J connectivity index is 2.16. The maximum absolute atomic E-state index is 11.4. The highest BCUT2D eigenvalue weighted by Gasteiger charge is 2.18. The number of non-ortho nitro benzene ring substituents is 1. The van der Waals surface area contributed by atoms with E-state index in [-0.39, 0.29) is 18.3 Å². The molecule has 0 saturated heterocycles. The molecule has 0 aliphatic rings. The first-order valence-electron chi connectivity index (χ1n) is 7.41. The number of benzene rings is 2. The van der Waals surface area contributed by atoms with Crippen LogP contribution in [0.2, 0.25) is 0 Å². The Kier molecular flexibility index (Phi) is 4.24. The molecule has 7 heteroatoms. The zero-order valence-corrected chi connectivity index (χ0v) is 13.0. The standard InChI is InChI=1S/C17H15N3O4/c1-11(21)24-10-9-18-17-12-5-2-3-6-13(12)19-14-7-4-8-15(16(14)17)20(22)23/h2-8H,9-10H2,1H3,(H,18,19). The Hall–Kier alpha value is -3.22. The number of aromatic nitrogens is 1. The molecular weight excluding hydrogens is 310 g/mol. The van der Waals surface area contributed by atoms with E-state index in [4.69, 9.17) is 4.74 Å². The fraction of sp³-hybridized carbons (Fsp3) is 0.176. The Morgan fingerprint density at radius 3 is 2.71 bits per heavy atom. The second kappa shape index (κ2) is 6.49. The van der Waals surface area contributed by atoms with Gasteiger partial charge in [0.25, 0.3) is 5.69 Å². The fourth-order valence-electron chi connectivity index (χ4n) is 2.63. The number of para-hydroxylation sites is 1. The van der Waals surface area contributed by atoms with Gasteiger partial charge in [0.1, 0.15) is 12.0 Å². The normalized spacial score (nSPS) is 10.7. The molecule has 2 aromatic carbocycles. The van der Waals surface area contributed by atoms with E-state index in [0.717, 1.165) is 10.9 Å². The van der Waals surface area contributed by atoms with Crippen molar-refractivity contribution >= 4 is 39.1 Å². The molecule has 0 radical (unpaired) electrons. The molecule has 122 valence electrons. The highest BCUT2D eigenvalue weighted by Crippen LogP contribution is 2.36. The number of nitro benzene ring substituents is 1. The molecule has 3 rings (SSSR count). The van der Waals surface area contributed by atoms with Gasteiger partial charge in [0.05, 0.1) is 21.6 Å². The summed E-state index contributed by atoms with van der Waals surface area (Å²) in [6.45, 7) is 1.85. The van der Waals surface area contributed by atoms with Crippen LogP contribution in [0, 0.1) is 10.1 Å². The van der Waals surface area contributed by atoms with Crippen LogP contribution in [0.4, 0.5) is 11.4 Å². The third-order valence-corrected chi connectivity index (χ3v) is 3.59. The summed E-state index contributed by atoms with van der Waals surface area (Å²) >= 11 is 0. The lowest BCUT2D eigenvalue weighted by atomic mass is 10.1. The lowest BCUT2D eigenvalue weighted by molar-refractivity contribution is -0.383. The smallest absolute Gasteiger partial charge is 0.302 e. The van der Waals surface area contributed by atoms with Gasteiger partial charge < -0.3 is 10.1 Å². The average Bonchev–Trinajstić information content (AvgIpc) is 2.56. The van der Waals surface area contributed by atoms with Crippen LogP contribution < -0.4 is 5.32 Å². The van der Waals surface area contributed by atoms with Crippen LogP contribution in [0.3, 0.4) is 0 Å². The molecule has 0 aliphatic carbocycles. The fourth-order valence-corrected chi connectivity index (χ4v) is 2.63. The van der Waals surface area contributed by atoms with Crippen LogP contribution in [0.1, 0.15) is 6.92 Å². The molecule has 1 aromatic heterocycles. The van der Waals surface area contributed by atoms with E-state index >= 15 is 0 Å². The van der Waals surface area contributed by atoms with Crippen molar-refractivity contribution in [1.29, 1.82) is 0 Å². The van der Waals surface area contributed by atoms with Crippen LogP contribution in [-0.4, -0.2) is 29.0 Å². The Labute approximate surface area is 137 Å². The molecule has 0 spiro atoms. The summed E-state index contributed by atoms with van der Waals surface area (Å²) in [4.78, 5) is 26.4. The van der Waals surface area contributed by atoms with Gasteiger partial charge in [0.15, 0.2) is 0 Å². The highest BCUT2D eigenvalue weighted by molar-refractivity contribution is 6.11. The SMILES string of the molecule is CC(=O)OCCNc1c2ccccc2nc2cccc([N+](=O)[O-])c12. The molecule has 0 amide bonds. The van der Waals surface area contributed by atoms with Crippen molar-refractivity contribution in [3.63, 3.8) is 0 Å². The largest absolute Gasteiger partial charge is 0.464 e. The number of pyridine rings is 1. The molecule has 0 fully saturated rings. The molecule has 3 aromatic rings. The van der Waals surface area contributed by atoms with Crippen molar-refractivity contribution in [2.45, 2.75) is 6.92 Å². The van der Waals surface area contributed by atoms with E-state index in [0.29, 0.717) is 23.1 Å². The summed E-state index contributed by atoms with van der Waals surface area (Å²) < 4.78 is 4.91. The Bertz CT molecular complexity index is 940. The van der Waals surface area contributed by atoms with Crippen LogP contribution >= 0.6 is 0 Å². The van der Waals surface area contributed by atoms with Crippen LogP contribution in [0.25, 0.3) is 21.8 Å². The summed E-state index contributed by atoms with van der Waals surface area (Å²) in [5, 5.41) is 15.8. The second-order valence-corrected chi connectivity index (χ2v) is 5.20. The van der Waals surface area contributed by atoms with E-state index in [1.54, 1.807) is 12.1 Å². The van der Waals surface area contributed by atoms with Gasteiger partial charge in [0.2, 0.25) is 0 Å². The van der Waals surface area contributed by atoms with Gasteiger partial charge >= 0.3 is 5.97 Å². The number of carbonyl (C=O) groups is 1. The number of nitro groups is 1. The summed E-state index contributed by atoms with van der Waals surface area (Å²) in [6, 6.07) is 12.2. The molecule has 0 unspecified atom stereocenters. The van der Waals surface area contributed by atoms with Crippen LogP contribution in [0.5, 0.6) is 0 Å². The molecule has 1 N–H and O–H groups in total. The van der Waals surface area contributed by atoms with E-state index in [2.05, 4.69) is 10.3 Å². The number of nitrogens with one attached hydrogen (secondary N) is 1. The van der Waals surface area contributed by atoms with Crippen molar-refractivity contribution < 1.29 is 14.5 Å². The van der Waals surface area contributed by atoms with Crippen molar-refractivity contribution in [2.75, 3.05) is 18.5 Å². The first-order valence-corrected chi connectivity index (χ1v) is 7.41. The number of rotatable bonds is 5. The van der Waals surface area contributed by atoms with Gasteiger partial charge in [-0.05, 0) is 12.1 Å². The summed E-state index contributed by atoms with van der Waals surface area (Å²) in [7, 11) is 0. The third kappa shape index (κ3) is 2.96. The van der Waals surface area contributed by atoms with Gasteiger partial charge in [-0.1, -0.05) is 24.3 Å². The maximum Gasteiger partial charge on any atom is 0.302 e. The monoisotopic (exact) mass is 325 g/mol. The van der Waals surface area contributed by atoms with Crippen LogP contribution in [-0.2, 0) is 9.53 Å². The van der Waals surface area contributed by atoms with Crippen molar-refractivity contribution in [3.05, 3.63) is 52.6 Å². The predicted molar refractivity (Wildman–Crippen MR) is 91.0 cm³/mol. The number of fused-ring (bicyclic) bond motifs is 2. The van der Waals surface area contributed by atoms with E-state index in [9.17, 15) is 14.9 Å². The number of hydrogen-bond donors (Lipinski definition) is 1. The minimum Gasteiger partial charge on any atom is -0.464 e. The zero-order chi connectivity index (χ0) is 17.1. The van der Waals surface area contributed by atoms with Crippen molar-refractivity contribution in [2.24, 2.45) is 0 Å². The van der Waals surface area contributed by atoms with Gasteiger partial charge in [-0.2, -0.15) is 0 Å². The topological polar surface area (TPSA) is 94.4 Å². The third-order valence-electron chi connectivity index (χ3n) is 3.59. The first-order chi connectivity index (χ1) is 11.6. The quantitative estimate of drug-likeness (QED) is 0.254. The summed E-state index contributed by atoms with van der Waals surface area (Å²) in [6.07, 6.45) is 0. The number of ether oxygens (including phenoxy) is 1. The number of esters is 1. The van der Waals surface area contributed by atoms with E-state index in [1.807, 2.05) is 24.3 Å². The molecule has 1 heterocycles. The molecule has 0 aliphatic heterocycles. The molecule has 0 saturated carbocycles. The number of nitrogens with zero attached hydrogens (tertiary/aromatic N) is 2. The lowest BCUT2D eigenvalue weighted by Gasteiger charge is -2.13. The number of carbonyl (C=O) groups excluding carboxylic acids is 1. The molecule has 0 atom stereocenters.